The first-order chi connectivity index (χ1) is 11.0. The molecule has 2 saturated carbocycles. The second-order valence-electron chi connectivity index (χ2n) is 7.89. The summed E-state index contributed by atoms with van der Waals surface area (Å²) in [5.74, 6) is 1.79. The lowest BCUT2D eigenvalue weighted by atomic mass is 9.48. The Hall–Kier alpha value is -1.35. The van der Waals surface area contributed by atoms with Crippen LogP contribution in [0, 0.1) is 11.3 Å². The zero-order valence-corrected chi connectivity index (χ0v) is 14.1. The van der Waals surface area contributed by atoms with Crippen LogP contribution in [0.2, 0.25) is 0 Å². The van der Waals surface area contributed by atoms with Crippen LogP contribution >= 0.6 is 0 Å². The highest BCUT2D eigenvalue weighted by Gasteiger charge is 2.61. The average molecular weight is 314 g/mol. The number of fused-ring (bicyclic) bond motifs is 5. The van der Waals surface area contributed by atoms with Crippen LogP contribution in [0.5, 0.6) is 5.75 Å². The number of aryl methyl sites for hydroxylation is 1. The van der Waals surface area contributed by atoms with Crippen molar-refractivity contribution in [1.29, 1.82) is 0 Å². The van der Waals surface area contributed by atoms with E-state index in [-0.39, 0.29) is 11.7 Å². The quantitative estimate of drug-likeness (QED) is 0.861. The lowest BCUT2D eigenvalue weighted by Crippen LogP contribution is -2.62. The van der Waals surface area contributed by atoms with Crippen molar-refractivity contribution in [3.05, 3.63) is 29.3 Å². The highest BCUT2D eigenvalue weighted by Crippen LogP contribution is 2.60. The van der Waals surface area contributed by atoms with Gasteiger partial charge in [0.05, 0.1) is 18.1 Å². The zero-order chi connectivity index (χ0) is 16.2. The molecule has 3 heteroatoms. The van der Waals surface area contributed by atoms with E-state index < -0.39 is 11.0 Å². The van der Waals surface area contributed by atoms with E-state index in [4.69, 9.17) is 4.74 Å². The molecule has 4 atom stereocenters. The van der Waals surface area contributed by atoms with Crippen molar-refractivity contribution in [2.24, 2.45) is 11.3 Å². The molecule has 0 amide bonds. The van der Waals surface area contributed by atoms with Crippen LogP contribution in [0.4, 0.5) is 0 Å². The predicted octanol–water partition coefficient (Wildman–Crippen LogP) is 3.63. The highest BCUT2D eigenvalue weighted by atomic mass is 16.5. The summed E-state index contributed by atoms with van der Waals surface area (Å²) in [6.45, 7) is 2.02. The van der Waals surface area contributed by atoms with E-state index in [0.717, 1.165) is 44.3 Å². The Morgan fingerprint density at radius 3 is 2.83 bits per heavy atom. The number of rotatable bonds is 1. The van der Waals surface area contributed by atoms with Crippen LogP contribution in [0.1, 0.15) is 62.5 Å². The summed E-state index contributed by atoms with van der Waals surface area (Å²) < 4.78 is 5.36. The van der Waals surface area contributed by atoms with Gasteiger partial charge in [-0.25, -0.2) is 0 Å². The molecule has 0 saturated heterocycles. The van der Waals surface area contributed by atoms with Crippen molar-refractivity contribution in [3.8, 4) is 5.75 Å². The molecule has 2 fully saturated rings. The third-order valence-electron chi connectivity index (χ3n) is 7.06. The predicted molar refractivity (Wildman–Crippen MR) is 88.7 cm³/mol. The van der Waals surface area contributed by atoms with Gasteiger partial charge in [0.1, 0.15) is 11.5 Å². The fourth-order valence-electron chi connectivity index (χ4n) is 5.65. The number of benzene rings is 1. The minimum absolute atomic E-state index is 0.214. The monoisotopic (exact) mass is 314 g/mol. The zero-order valence-electron chi connectivity index (χ0n) is 14.1. The van der Waals surface area contributed by atoms with Crippen LogP contribution in [0.25, 0.3) is 0 Å². The van der Waals surface area contributed by atoms with Crippen molar-refractivity contribution >= 4 is 5.78 Å². The number of methoxy groups -OCH3 is 1. The summed E-state index contributed by atoms with van der Waals surface area (Å²) in [4.78, 5) is 12.6. The molecule has 23 heavy (non-hydrogen) atoms. The fourth-order valence-corrected chi connectivity index (χ4v) is 5.65. The number of ether oxygens (including phenoxy) is 1. The molecule has 0 unspecified atom stereocenters. The average Bonchev–Trinajstić information content (AvgIpc) is 2.56. The van der Waals surface area contributed by atoms with Crippen LogP contribution in [0.15, 0.2) is 18.2 Å². The van der Waals surface area contributed by atoms with Gasteiger partial charge < -0.3 is 9.84 Å². The number of carbonyl (C=O) groups excluding carboxylic acids is 1. The van der Waals surface area contributed by atoms with Gasteiger partial charge in [-0.3, -0.25) is 4.79 Å². The number of Topliss-reactive ketones (excluding diaryl/α,β-unsaturated/α-hetero) is 1. The van der Waals surface area contributed by atoms with Crippen molar-refractivity contribution < 1.29 is 14.6 Å². The number of carbonyl (C=O) groups is 1. The molecule has 0 aromatic heterocycles. The normalized spacial score (nSPS) is 39.2. The molecule has 1 aromatic carbocycles. The van der Waals surface area contributed by atoms with Crippen molar-refractivity contribution in [1.82, 2.24) is 0 Å². The molecule has 0 aliphatic heterocycles. The van der Waals surface area contributed by atoms with Gasteiger partial charge in [-0.2, -0.15) is 0 Å². The topological polar surface area (TPSA) is 46.5 Å². The highest BCUT2D eigenvalue weighted by molar-refractivity contribution is 5.87. The van der Waals surface area contributed by atoms with E-state index in [1.54, 1.807) is 7.11 Å². The summed E-state index contributed by atoms with van der Waals surface area (Å²) >= 11 is 0. The third-order valence-corrected chi connectivity index (χ3v) is 7.06. The molecule has 4 rings (SSSR count). The minimum atomic E-state index is -0.817. The van der Waals surface area contributed by atoms with Gasteiger partial charge in [-0.15, -0.1) is 0 Å². The number of ketones is 1. The Labute approximate surface area is 138 Å². The fraction of sp³-hybridized carbons (Fsp3) is 0.650. The maximum Gasteiger partial charge on any atom is 0.141 e. The summed E-state index contributed by atoms with van der Waals surface area (Å²) in [5, 5.41) is 11.6. The Morgan fingerprint density at radius 2 is 2.04 bits per heavy atom. The first kappa shape index (κ1) is 15.2. The molecule has 3 aliphatic carbocycles. The maximum absolute atomic E-state index is 12.6. The Balaban J connectivity index is 1.75. The second-order valence-corrected chi connectivity index (χ2v) is 7.89. The Kier molecular flexibility index (Phi) is 3.35. The lowest BCUT2D eigenvalue weighted by molar-refractivity contribution is -0.186. The summed E-state index contributed by atoms with van der Waals surface area (Å²) in [5.41, 5.74) is 1.38. The van der Waals surface area contributed by atoms with Crippen molar-refractivity contribution in [3.63, 3.8) is 0 Å². The van der Waals surface area contributed by atoms with E-state index in [2.05, 4.69) is 12.1 Å². The van der Waals surface area contributed by atoms with Gasteiger partial charge in [0.2, 0.25) is 0 Å². The second kappa shape index (κ2) is 5.07. The van der Waals surface area contributed by atoms with Crippen LogP contribution in [-0.2, 0) is 11.2 Å². The van der Waals surface area contributed by atoms with Gasteiger partial charge >= 0.3 is 0 Å². The molecule has 1 N–H and O–H groups in total. The van der Waals surface area contributed by atoms with Crippen LogP contribution in [-0.4, -0.2) is 23.6 Å². The molecule has 3 nitrogen and oxygen atoms in total. The number of hydrogen-bond acceptors (Lipinski definition) is 3. The smallest absolute Gasteiger partial charge is 0.141 e. The first-order valence-corrected chi connectivity index (χ1v) is 8.92. The molecule has 0 radical (unpaired) electrons. The van der Waals surface area contributed by atoms with Gasteiger partial charge in [0, 0.05) is 6.42 Å². The maximum atomic E-state index is 12.6. The molecule has 3 aliphatic rings. The molecule has 0 heterocycles. The molecular formula is C20H26O3. The van der Waals surface area contributed by atoms with Gasteiger partial charge in [-0.1, -0.05) is 6.07 Å². The number of hydrogen-bond donors (Lipinski definition) is 1. The Bertz CT molecular complexity index is 652. The molecule has 0 bridgehead atoms. The largest absolute Gasteiger partial charge is 0.497 e. The third kappa shape index (κ3) is 1.95. The van der Waals surface area contributed by atoms with Gasteiger partial charge in [-0.05, 0) is 80.5 Å². The van der Waals surface area contributed by atoms with Crippen molar-refractivity contribution in [2.45, 2.75) is 63.4 Å². The van der Waals surface area contributed by atoms with E-state index in [9.17, 15) is 9.90 Å². The van der Waals surface area contributed by atoms with Gasteiger partial charge in [0.15, 0.2) is 0 Å². The number of aliphatic hydroxyl groups is 1. The summed E-state index contributed by atoms with van der Waals surface area (Å²) in [6, 6.07) is 6.36. The van der Waals surface area contributed by atoms with E-state index in [1.165, 1.54) is 11.1 Å². The van der Waals surface area contributed by atoms with Crippen LogP contribution in [0.3, 0.4) is 0 Å². The SMILES string of the molecule is COc1ccc2c(c1)CC[C@@H]1[C@@H]2CC[C@]2(C)C(=O)CCC[C@@]12O. The van der Waals surface area contributed by atoms with Crippen LogP contribution < -0.4 is 4.74 Å². The lowest BCUT2D eigenvalue weighted by Gasteiger charge is -2.58. The van der Waals surface area contributed by atoms with Gasteiger partial charge in [0.25, 0.3) is 0 Å². The molecule has 1 aromatic rings. The first-order valence-electron chi connectivity index (χ1n) is 8.92. The van der Waals surface area contributed by atoms with E-state index in [1.807, 2.05) is 13.0 Å². The standard InChI is InChI=1S/C20H26O3/c1-19-11-9-16-15-7-6-14(23-2)12-13(15)5-8-17(16)20(19,22)10-3-4-18(19)21/h6-7,12,16-17,22H,3-5,8-11H2,1-2H3/t16-,17-,19-,20-/m1/s1. The van der Waals surface area contributed by atoms with E-state index in [0.29, 0.717) is 12.3 Å². The Morgan fingerprint density at radius 1 is 1.22 bits per heavy atom. The minimum Gasteiger partial charge on any atom is -0.497 e. The molecule has 0 spiro atoms. The molecule has 124 valence electrons. The van der Waals surface area contributed by atoms with Crippen molar-refractivity contribution in [2.75, 3.05) is 7.11 Å². The van der Waals surface area contributed by atoms with E-state index >= 15 is 0 Å². The summed E-state index contributed by atoms with van der Waals surface area (Å²) in [6.07, 6.45) is 6.03. The molecular weight excluding hydrogens is 288 g/mol. The summed E-state index contributed by atoms with van der Waals surface area (Å²) in [7, 11) is 1.70.